The van der Waals surface area contributed by atoms with Crippen LogP contribution in [0.4, 0.5) is 27.6 Å². The SMILES string of the molecule is CC(N(N)C(=S)Nc1ccc(OC(F)(F)F)cc1)C(O)(Cn1cncn1)c1ccc(F)cc1F. The Kier molecular flexibility index (Phi) is 7.33. The van der Waals surface area contributed by atoms with Gasteiger partial charge in [0.2, 0.25) is 0 Å². The fourth-order valence-corrected chi connectivity index (χ4v) is 3.45. The molecule has 14 heteroatoms. The van der Waals surface area contributed by atoms with E-state index in [4.69, 9.17) is 18.1 Å². The molecule has 2 atom stereocenters. The number of nitrogens with zero attached hydrogens (tertiary/aromatic N) is 4. The largest absolute Gasteiger partial charge is 0.573 e. The first kappa shape index (κ1) is 25.3. The zero-order chi connectivity index (χ0) is 25.1. The minimum Gasteiger partial charge on any atom is -0.406 e. The molecule has 1 aromatic heterocycles. The maximum atomic E-state index is 14.7. The zero-order valence-electron chi connectivity index (χ0n) is 17.5. The first-order valence-corrected chi connectivity index (χ1v) is 10.0. The van der Waals surface area contributed by atoms with Gasteiger partial charge in [0.05, 0.1) is 12.6 Å². The summed E-state index contributed by atoms with van der Waals surface area (Å²) in [6.45, 7) is 1.14. The molecule has 0 aliphatic carbocycles. The van der Waals surface area contributed by atoms with Gasteiger partial charge in [0.1, 0.15) is 35.6 Å². The average Bonchev–Trinajstić information content (AvgIpc) is 3.25. The van der Waals surface area contributed by atoms with Crippen LogP contribution in [0.1, 0.15) is 12.5 Å². The molecule has 0 amide bonds. The van der Waals surface area contributed by atoms with E-state index in [-0.39, 0.29) is 22.9 Å². The lowest BCUT2D eigenvalue weighted by Gasteiger charge is -2.40. The molecular weight excluding hydrogens is 483 g/mol. The standard InChI is InChI=1S/C20H19F5N6O2S/c1-12(31(26)18(34)29-14-3-5-15(6-4-14)33-20(23,24)25)19(32,9-30-11-27-10-28-30)16-7-2-13(21)8-17(16)22/h2-8,10-12,32H,9,26H2,1H3,(H,29,34). The van der Waals surface area contributed by atoms with E-state index in [2.05, 4.69) is 20.1 Å². The van der Waals surface area contributed by atoms with Crippen molar-refractivity contribution in [3.63, 3.8) is 0 Å². The van der Waals surface area contributed by atoms with E-state index in [0.29, 0.717) is 6.07 Å². The molecule has 2 aromatic carbocycles. The van der Waals surface area contributed by atoms with Gasteiger partial charge in [0.25, 0.3) is 0 Å². The summed E-state index contributed by atoms with van der Waals surface area (Å²) in [6.07, 6.45) is -2.33. The maximum absolute atomic E-state index is 14.7. The van der Waals surface area contributed by atoms with E-state index in [9.17, 15) is 27.1 Å². The first-order valence-electron chi connectivity index (χ1n) is 9.60. The highest BCUT2D eigenvalue weighted by Gasteiger charge is 2.42. The zero-order valence-corrected chi connectivity index (χ0v) is 18.3. The molecule has 0 saturated heterocycles. The van der Waals surface area contributed by atoms with Crippen molar-refractivity contribution in [2.75, 3.05) is 5.32 Å². The van der Waals surface area contributed by atoms with Gasteiger partial charge >= 0.3 is 6.36 Å². The van der Waals surface area contributed by atoms with Crippen LogP contribution in [0, 0.1) is 11.6 Å². The summed E-state index contributed by atoms with van der Waals surface area (Å²) >= 11 is 5.25. The maximum Gasteiger partial charge on any atom is 0.573 e. The Morgan fingerprint density at radius 2 is 1.91 bits per heavy atom. The van der Waals surface area contributed by atoms with Crippen molar-refractivity contribution in [1.29, 1.82) is 0 Å². The van der Waals surface area contributed by atoms with Crippen LogP contribution in [0.15, 0.2) is 55.1 Å². The van der Waals surface area contributed by atoms with E-state index >= 15 is 0 Å². The van der Waals surface area contributed by atoms with Crippen LogP contribution in [0.5, 0.6) is 5.75 Å². The molecule has 2 unspecified atom stereocenters. The van der Waals surface area contributed by atoms with Crippen LogP contribution in [0.25, 0.3) is 0 Å². The van der Waals surface area contributed by atoms with E-state index in [1.165, 1.54) is 36.4 Å². The third-order valence-electron chi connectivity index (χ3n) is 4.95. The summed E-state index contributed by atoms with van der Waals surface area (Å²) in [5, 5.41) is 19.0. The summed E-state index contributed by atoms with van der Waals surface area (Å²) in [6, 6.07) is 6.26. The van der Waals surface area contributed by atoms with Crippen molar-refractivity contribution in [2.24, 2.45) is 5.84 Å². The summed E-state index contributed by atoms with van der Waals surface area (Å²) < 4.78 is 70.1. The van der Waals surface area contributed by atoms with Crippen LogP contribution in [0.2, 0.25) is 0 Å². The smallest absolute Gasteiger partial charge is 0.406 e. The quantitative estimate of drug-likeness (QED) is 0.196. The lowest BCUT2D eigenvalue weighted by molar-refractivity contribution is -0.274. The monoisotopic (exact) mass is 502 g/mol. The minimum atomic E-state index is -4.84. The fraction of sp³-hybridized carbons (Fsp3) is 0.250. The van der Waals surface area contributed by atoms with E-state index in [1.807, 2.05) is 0 Å². The number of nitrogens with two attached hydrogens (primary N) is 1. The van der Waals surface area contributed by atoms with Crippen molar-refractivity contribution >= 4 is 23.0 Å². The Labute approximate surface area is 195 Å². The molecule has 4 N–H and O–H groups in total. The van der Waals surface area contributed by atoms with E-state index in [1.54, 1.807) is 0 Å². The number of halogens is 5. The van der Waals surface area contributed by atoms with Crippen molar-refractivity contribution in [3.8, 4) is 5.75 Å². The molecule has 182 valence electrons. The van der Waals surface area contributed by atoms with Crippen molar-refractivity contribution in [3.05, 3.63) is 72.3 Å². The van der Waals surface area contributed by atoms with Gasteiger partial charge in [0.15, 0.2) is 5.11 Å². The topological polar surface area (TPSA) is 101 Å². The molecule has 0 saturated carbocycles. The van der Waals surface area contributed by atoms with Gasteiger partial charge < -0.3 is 15.2 Å². The number of anilines is 1. The Hall–Kier alpha value is -3.36. The number of alkyl halides is 3. The second-order valence-electron chi connectivity index (χ2n) is 7.23. The molecule has 0 fully saturated rings. The molecule has 0 bridgehead atoms. The molecular formula is C20H19F5N6O2S. The van der Waals surface area contributed by atoms with E-state index < -0.39 is 35.4 Å². The third kappa shape index (κ3) is 5.95. The van der Waals surface area contributed by atoms with Crippen LogP contribution in [0.3, 0.4) is 0 Å². The predicted molar refractivity (Wildman–Crippen MR) is 115 cm³/mol. The number of hydrogen-bond donors (Lipinski definition) is 3. The summed E-state index contributed by atoms with van der Waals surface area (Å²) in [5.41, 5.74) is -2.05. The number of nitrogens with one attached hydrogen (secondary N) is 1. The van der Waals surface area contributed by atoms with Gasteiger partial charge in [-0.3, -0.25) is 5.01 Å². The highest BCUT2D eigenvalue weighted by atomic mass is 32.1. The molecule has 0 aliphatic rings. The van der Waals surface area contributed by atoms with Crippen LogP contribution >= 0.6 is 12.2 Å². The number of hydrazine groups is 1. The lowest BCUT2D eigenvalue weighted by atomic mass is 9.86. The van der Waals surface area contributed by atoms with Gasteiger partial charge in [-0.25, -0.2) is 24.3 Å². The van der Waals surface area contributed by atoms with Gasteiger partial charge in [-0.2, -0.15) is 5.10 Å². The van der Waals surface area contributed by atoms with Crippen LogP contribution in [-0.2, 0) is 12.1 Å². The molecule has 34 heavy (non-hydrogen) atoms. The number of thiocarbonyl (C=S) groups is 1. The molecule has 0 spiro atoms. The number of hydrogen-bond acceptors (Lipinski definition) is 6. The molecule has 3 aromatic rings. The van der Waals surface area contributed by atoms with Gasteiger partial charge in [-0.1, -0.05) is 6.07 Å². The van der Waals surface area contributed by atoms with Crippen molar-refractivity contribution < 1.29 is 31.8 Å². The van der Waals surface area contributed by atoms with Crippen molar-refractivity contribution in [1.82, 2.24) is 19.8 Å². The van der Waals surface area contributed by atoms with Crippen LogP contribution in [-0.4, -0.2) is 42.4 Å². The Bertz CT molecular complexity index is 1130. The lowest BCUT2D eigenvalue weighted by Crippen LogP contribution is -2.57. The number of aromatic nitrogens is 3. The average molecular weight is 502 g/mol. The summed E-state index contributed by atoms with van der Waals surface area (Å²) in [4.78, 5) is 3.78. The normalized spacial score (nSPS) is 14.2. The first-order chi connectivity index (χ1) is 15.9. The highest BCUT2D eigenvalue weighted by Crippen LogP contribution is 2.32. The molecule has 8 nitrogen and oxygen atoms in total. The minimum absolute atomic E-state index is 0.142. The second-order valence-corrected chi connectivity index (χ2v) is 7.61. The Morgan fingerprint density at radius 3 is 2.47 bits per heavy atom. The van der Waals surface area contributed by atoms with Gasteiger partial charge in [-0.05, 0) is 49.5 Å². The number of aliphatic hydroxyl groups is 1. The van der Waals surface area contributed by atoms with E-state index in [0.717, 1.165) is 29.3 Å². The summed E-state index contributed by atoms with van der Waals surface area (Å²) in [5.74, 6) is 3.83. The molecule has 1 heterocycles. The number of rotatable bonds is 7. The Morgan fingerprint density at radius 1 is 1.24 bits per heavy atom. The van der Waals surface area contributed by atoms with Crippen molar-refractivity contribution in [2.45, 2.75) is 31.5 Å². The Balaban J connectivity index is 1.82. The fourth-order valence-electron chi connectivity index (χ4n) is 3.18. The molecule has 3 rings (SSSR count). The molecule has 0 aliphatic heterocycles. The highest BCUT2D eigenvalue weighted by molar-refractivity contribution is 7.80. The van der Waals surface area contributed by atoms with Gasteiger partial charge in [0, 0.05) is 17.3 Å². The predicted octanol–water partition coefficient (Wildman–Crippen LogP) is 3.30. The summed E-state index contributed by atoms with van der Waals surface area (Å²) in [7, 11) is 0. The van der Waals surface area contributed by atoms with Gasteiger partial charge in [-0.15, -0.1) is 13.2 Å². The number of ether oxygens (including phenoxy) is 1. The second kappa shape index (κ2) is 9.87. The molecule has 0 radical (unpaired) electrons. The number of benzene rings is 2. The van der Waals surface area contributed by atoms with Crippen LogP contribution < -0.4 is 15.9 Å². The third-order valence-corrected chi connectivity index (χ3v) is 5.26.